The van der Waals surface area contributed by atoms with Gasteiger partial charge >= 0.3 is 6.03 Å². The summed E-state index contributed by atoms with van der Waals surface area (Å²) < 4.78 is 6.00. The summed E-state index contributed by atoms with van der Waals surface area (Å²) in [7, 11) is 0. The number of ether oxygens (including phenoxy) is 1. The molecule has 1 aromatic rings. The zero-order valence-electron chi connectivity index (χ0n) is 15.3. The van der Waals surface area contributed by atoms with Gasteiger partial charge in [-0.25, -0.2) is 4.79 Å². The number of nitrogens with one attached hydrogen (secondary N) is 1. The number of nitrogens with zero attached hydrogens (tertiary/aromatic N) is 2. The third kappa shape index (κ3) is 4.12. The lowest BCUT2D eigenvalue weighted by Crippen LogP contribution is -2.34. The maximum Gasteiger partial charge on any atom is 0.327 e. The molecule has 0 bridgehead atoms. The summed E-state index contributed by atoms with van der Waals surface area (Å²) in [5.74, 6) is 0.951. The lowest BCUT2D eigenvalue weighted by molar-refractivity contribution is -0.127. The minimum absolute atomic E-state index is 0. The van der Waals surface area contributed by atoms with E-state index in [9.17, 15) is 9.59 Å². The first-order valence-corrected chi connectivity index (χ1v) is 9.46. The van der Waals surface area contributed by atoms with Crippen molar-refractivity contribution in [1.29, 1.82) is 0 Å². The third-order valence-corrected chi connectivity index (χ3v) is 5.37. The van der Waals surface area contributed by atoms with Crippen molar-refractivity contribution in [2.45, 2.75) is 37.8 Å². The fourth-order valence-corrected chi connectivity index (χ4v) is 3.96. The van der Waals surface area contributed by atoms with Crippen LogP contribution in [0, 0.1) is 0 Å². The number of hydrogen-bond acceptors (Lipinski definition) is 4. The normalized spacial score (nSPS) is 24.0. The van der Waals surface area contributed by atoms with Gasteiger partial charge in [-0.15, -0.1) is 12.4 Å². The summed E-state index contributed by atoms with van der Waals surface area (Å²) in [6, 6.07) is 7.85. The highest BCUT2D eigenvalue weighted by Gasteiger charge is 2.46. The van der Waals surface area contributed by atoms with Gasteiger partial charge < -0.3 is 15.0 Å². The van der Waals surface area contributed by atoms with Crippen LogP contribution in [0.4, 0.5) is 4.79 Å². The summed E-state index contributed by atoms with van der Waals surface area (Å²) in [5.41, 5.74) is 1.28. The highest BCUT2D eigenvalue weighted by Crippen LogP contribution is 2.27. The van der Waals surface area contributed by atoms with Crippen LogP contribution in [0.2, 0.25) is 0 Å². The van der Waals surface area contributed by atoms with Gasteiger partial charge in [-0.3, -0.25) is 9.69 Å². The predicted octanol–water partition coefficient (Wildman–Crippen LogP) is 2.37. The molecule has 2 atom stereocenters. The van der Waals surface area contributed by atoms with Crippen molar-refractivity contribution in [3.05, 3.63) is 42.0 Å². The molecule has 2 fully saturated rings. The number of amides is 3. The lowest BCUT2D eigenvalue weighted by Gasteiger charge is -2.26. The van der Waals surface area contributed by atoms with Crippen LogP contribution >= 0.6 is 12.4 Å². The van der Waals surface area contributed by atoms with E-state index in [-0.39, 0.29) is 36.5 Å². The summed E-state index contributed by atoms with van der Waals surface area (Å²) in [5, 5.41) is 3.36. The highest BCUT2D eigenvalue weighted by molar-refractivity contribution is 6.04. The van der Waals surface area contributed by atoms with E-state index in [1.54, 1.807) is 4.90 Å². The third-order valence-electron chi connectivity index (χ3n) is 5.37. The Morgan fingerprint density at radius 3 is 2.89 bits per heavy atom. The minimum Gasteiger partial charge on any atom is -0.489 e. The maximum absolute atomic E-state index is 12.2. The number of para-hydroxylation sites is 1. The van der Waals surface area contributed by atoms with E-state index in [0.29, 0.717) is 19.6 Å². The van der Waals surface area contributed by atoms with Gasteiger partial charge in [-0.05, 0) is 37.3 Å². The molecule has 0 radical (unpaired) electrons. The van der Waals surface area contributed by atoms with E-state index in [2.05, 4.69) is 11.4 Å². The Labute approximate surface area is 165 Å². The Kier molecular flexibility index (Phi) is 6.39. The van der Waals surface area contributed by atoms with Crippen LogP contribution in [-0.2, 0) is 11.2 Å². The van der Waals surface area contributed by atoms with E-state index in [0.717, 1.165) is 38.0 Å². The van der Waals surface area contributed by atoms with Crippen LogP contribution < -0.4 is 10.1 Å². The lowest BCUT2D eigenvalue weighted by atomic mass is 10.0. The number of urea groups is 1. The maximum atomic E-state index is 12.2. The number of rotatable bonds is 6. The molecule has 3 aliphatic rings. The Balaban J connectivity index is 0.00000210. The van der Waals surface area contributed by atoms with Crippen LogP contribution in [0.1, 0.15) is 24.8 Å². The molecule has 3 aliphatic heterocycles. The van der Waals surface area contributed by atoms with Crippen LogP contribution in [0.5, 0.6) is 5.75 Å². The minimum atomic E-state index is -0.208. The van der Waals surface area contributed by atoms with Crippen molar-refractivity contribution in [2.24, 2.45) is 0 Å². The zero-order chi connectivity index (χ0) is 17.9. The SMILES string of the molecule is Cl.O=C1C2CCCN2C(=O)N1C/C=C\CNCC1CCc2ccccc2O1. The molecule has 0 aromatic heterocycles. The fourth-order valence-electron chi connectivity index (χ4n) is 3.96. The van der Waals surface area contributed by atoms with Crippen molar-refractivity contribution < 1.29 is 14.3 Å². The van der Waals surface area contributed by atoms with E-state index in [1.807, 2.05) is 30.4 Å². The highest BCUT2D eigenvalue weighted by atomic mass is 35.5. The monoisotopic (exact) mass is 391 g/mol. The molecular formula is C20H26ClN3O3. The molecule has 0 saturated carbocycles. The molecule has 146 valence electrons. The molecule has 3 heterocycles. The van der Waals surface area contributed by atoms with E-state index < -0.39 is 0 Å². The van der Waals surface area contributed by atoms with Crippen molar-refractivity contribution >= 4 is 24.3 Å². The molecule has 7 heteroatoms. The number of aryl methyl sites for hydroxylation is 1. The summed E-state index contributed by atoms with van der Waals surface area (Å²) in [6.45, 7) is 2.56. The number of carbonyl (C=O) groups excluding carboxylic acids is 2. The molecule has 2 unspecified atom stereocenters. The molecule has 3 amide bonds. The number of benzene rings is 1. The van der Waals surface area contributed by atoms with E-state index >= 15 is 0 Å². The fraction of sp³-hybridized carbons (Fsp3) is 0.500. The van der Waals surface area contributed by atoms with Crippen LogP contribution in [0.3, 0.4) is 0 Å². The first-order valence-electron chi connectivity index (χ1n) is 9.46. The number of carbonyl (C=O) groups is 2. The second kappa shape index (κ2) is 8.76. The standard InChI is InChI=1S/C20H25N3O3.ClH/c24-19-17-7-5-13-22(17)20(25)23(19)12-4-3-11-21-14-16-10-9-15-6-1-2-8-18(15)26-16;/h1-4,6,8,16-17,21H,5,7,9-14H2;1H/b4-3-;. The van der Waals surface area contributed by atoms with Gasteiger partial charge in [0.05, 0.1) is 0 Å². The molecule has 2 saturated heterocycles. The first-order chi connectivity index (χ1) is 12.7. The van der Waals surface area contributed by atoms with Crippen molar-refractivity contribution in [3.8, 4) is 5.75 Å². The molecule has 1 aromatic carbocycles. The molecule has 4 rings (SSSR count). The summed E-state index contributed by atoms with van der Waals surface area (Å²) in [6.07, 6.45) is 7.85. The molecule has 1 N–H and O–H groups in total. The van der Waals surface area contributed by atoms with Gasteiger partial charge in [0.2, 0.25) is 0 Å². The predicted molar refractivity (Wildman–Crippen MR) is 105 cm³/mol. The zero-order valence-corrected chi connectivity index (χ0v) is 16.1. The molecule has 0 spiro atoms. The van der Waals surface area contributed by atoms with Gasteiger partial charge in [0.1, 0.15) is 17.9 Å². The van der Waals surface area contributed by atoms with Crippen molar-refractivity contribution in [3.63, 3.8) is 0 Å². The van der Waals surface area contributed by atoms with E-state index in [4.69, 9.17) is 4.74 Å². The Bertz CT molecular complexity index is 702. The van der Waals surface area contributed by atoms with Crippen molar-refractivity contribution in [2.75, 3.05) is 26.2 Å². The smallest absolute Gasteiger partial charge is 0.327 e. The molecule has 27 heavy (non-hydrogen) atoms. The van der Waals surface area contributed by atoms with Crippen LogP contribution in [0.15, 0.2) is 36.4 Å². The first kappa shape index (κ1) is 19.7. The number of hydrogen-bond donors (Lipinski definition) is 1. The van der Waals surface area contributed by atoms with Gasteiger partial charge in [0.15, 0.2) is 0 Å². The quantitative estimate of drug-likeness (QED) is 0.459. The number of imide groups is 1. The average Bonchev–Trinajstić information content (AvgIpc) is 3.23. The molecular weight excluding hydrogens is 366 g/mol. The number of fused-ring (bicyclic) bond motifs is 2. The summed E-state index contributed by atoms with van der Waals surface area (Å²) >= 11 is 0. The summed E-state index contributed by atoms with van der Waals surface area (Å²) in [4.78, 5) is 27.5. The number of halogens is 1. The second-order valence-corrected chi connectivity index (χ2v) is 7.10. The van der Waals surface area contributed by atoms with Gasteiger partial charge in [0, 0.05) is 26.2 Å². The largest absolute Gasteiger partial charge is 0.489 e. The topological polar surface area (TPSA) is 61.9 Å². The Morgan fingerprint density at radius 2 is 2.04 bits per heavy atom. The van der Waals surface area contributed by atoms with Gasteiger partial charge in [-0.1, -0.05) is 30.4 Å². The second-order valence-electron chi connectivity index (χ2n) is 7.10. The Hall–Kier alpha value is -2.05. The van der Waals surface area contributed by atoms with Gasteiger partial charge in [0.25, 0.3) is 5.91 Å². The van der Waals surface area contributed by atoms with Crippen molar-refractivity contribution in [1.82, 2.24) is 15.1 Å². The molecule has 0 aliphatic carbocycles. The average molecular weight is 392 g/mol. The van der Waals surface area contributed by atoms with Crippen LogP contribution in [-0.4, -0.2) is 60.1 Å². The van der Waals surface area contributed by atoms with Gasteiger partial charge in [-0.2, -0.15) is 0 Å². The molecule has 6 nitrogen and oxygen atoms in total. The van der Waals surface area contributed by atoms with Crippen LogP contribution in [0.25, 0.3) is 0 Å². The van der Waals surface area contributed by atoms with E-state index in [1.165, 1.54) is 10.5 Å². The Morgan fingerprint density at radius 1 is 1.19 bits per heavy atom.